The fourth-order valence-corrected chi connectivity index (χ4v) is 2.48. The van der Waals surface area contributed by atoms with Crippen LogP contribution in [0, 0.1) is 0 Å². The van der Waals surface area contributed by atoms with Crippen LogP contribution >= 0.6 is 23.2 Å². The van der Waals surface area contributed by atoms with Gasteiger partial charge in [0, 0.05) is 20.1 Å². The third-order valence-corrected chi connectivity index (χ3v) is 3.92. The molecule has 0 aliphatic carbocycles. The van der Waals surface area contributed by atoms with Gasteiger partial charge in [-0.3, -0.25) is 4.79 Å². The van der Waals surface area contributed by atoms with E-state index < -0.39 is 6.10 Å². The maximum atomic E-state index is 12.1. The fourth-order valence-electron chi connectivity index (χ4n) is 2.16. The molecule has 1 aliphatic heterocycles. The van der Waals surface area contributed by atoms with Gasteiger partial charge in [-0.15, -0.1) is 0 Å². The lowest BCUT2D eigenvalue weighted by Crippen LogP contribution is -2.41. The number of aliphatic hydroxyl groups excluding tert-OH is 1. The van der Waals surface area contributed by atoms with Crippen molar-refractivity contribution in [1.82, 2.24) is 10.2 Å². The molecular weight excluding hydrogens is 287 g/mol. The van der Waals surface area contributed by atoms with E-state index in [1.165, 1.54) is 0 Å². The van der Waals surface area contributed by atoms with Crippen LogP contribution < -0.4 is 5.32 Å². The zero-order valence-electron chi connectivity index (χ0n) is 10.6. The predicted octanol–water partition coefficient (Wildman–Crippen LogP) is 1.67. The van der Waals surface area contributed by atoms with Crippen LogP contribution in [0.25, 0.3) is 0 Å². The molecule has 0 saturated carbocycles. The van der Waals surface area contributed by atoms with Gasteiger partial charge in [-0.05, 0) is 24.1 Å². The molecule has 19 heavy (non-hydrogen) atoms. The molecule has 1 aliphatic rings. The second kappa shape index (κ2) is 6.09. The van der Waals surface area contributed by atoms with Crippen LogP contribution in [0.15, 0.2) is 18.2 Å². The molecule has 0 aromatic heterocycles. The van der Waals surface area contributed by atoms with E-state index in [1.807, 2.05) is 6.07 Å². The van der Waals surface area contributed by atoms with Crippen LogP contribution in [-0.4, -0.2) is 41.7 Å². The highest BCUT2D eigenvalue weighted by molar-refractivity contribution is 6.42. The molecule has 1 fully saturated rings. The number of benzene rings is 1. The quantitative estimate of drug-likeness (QED) is 0.893. The Bertz CT molecular complexity index is 482. The molecule has 1 heterocycles. The molecule has 0 unspecified atom stereocenters. The second-order valence-electron chi connectivity index (χ2n) is 4.79. The molecule has 0 bridgehead atoms. The summed E-state index contributed by atoms with van der Waals surface area (Å²) >= 11 is 11.8. The minimum atomic E-state index is -0.438. The molecule has 2 atom stereocenters. The molecule has 4 nitrogen and oxygen atoms in total. The van der Waals surface area contributed by atoms with Crippen molar-refractivity contribution in [3.8, 4) is 0 Å². The van der Waals surface area contributed by atoms with Crippen molar-refractivity contribution in [2.45, 2.75) is 25.1 Å². The highest BCUT2D eigenvalue weighted by Crippen LogP contribution is 2.23. The number of carbonyl (C=O) groups excluding carboxylic acids is 1. The summed E-state index contributed by atoms with van der Waals surface area (Å²) in [4.78, 5) is 13.8. The van der Waals surface area contributed by atoms with Crippen LogP contribution in [-0.2, 0) is 11.3 Å². The zero-order chi connectivity index (χ0) is 14.0. The topological polar surface area (TPSA) is 52.6 Å². The van der Waals surface area contributed by atoms with Crippen molar-refractivity contribution in [3.05, 3.63) is 33.8 Å². The normalized spacial score (nSPS) is 22.5. The molecule has 2 rings (SSSR count). The van der Waals surface area contributed by atoms with Crippen molar-refractivity contribution in [3.63, 3.8) is 0 Å². The number of amides is 1. The molecule has 1 aromatic rings. The standard InChI is InChI=1S/C13H16Cl2N2O2/c1-17(13(19)12-5-9(18)6-16-12)7-8-2-3-10(14)11(15)4-8/h2-4,9,12,16,18H,5-7H2,1H3/t9-,12-/m1/s1. The Labute approximate surface area is 122 Å². The summed E-state index contributed by atoms with van der Waals surface area (Å²) in [5, 5.41) is 13.4. The number of aliphatic hydroxyl groups is 1. The first-order valence-corrected chi connectivity index (χ1v) is 6.83. The van der Waals surface area contributed by atoms with Crippen LogP contribution in [0.5, 0.6) is 0 Å². The minimum absolute atomic E-state index is 0.0253. The Morgan fingerprint density at radius 3 is 2.79 bits per heavy atom. The highest BCUT2D eigenvalue weighted by atomic mass is 35.5. The first-order chi connectivity index (χ1) is 8.97. The summed E-state index contributed by atoms with van der Waals surface area (Å²) in [5.74, 6) is -0.0253. The SMILES string of the molecule is CN(Cc1ccc(Cl)c(Cl)c1)C(=O)[C@H]1C[C@@H](O)CN1. The van der Waals surface area contributed by atoms with Gasteiger partial charge >= 0.3 is 0 Å². The van der Waals surface area contributed by atoms with E-state index in [0.717, 1.165) is 5.56 Å². The summed E-state index contributed by atoms with van der Waals surface area (Å²) < 4.78 is 0. The van der Waals surface area contributed by atoms with Gasteiger partial charge in [0.25, 0.3) is 0 Å². The Balaban J connectivity index is 1.98. The van der Waals surface area contributed by atoms with E-state index in [1.54, 1.807) is 24.1 Å². The number of likely N-dealkylation sites (N-methyl/N-ethyl adjacent to an activating group) is 1. The number of rotatable bonds is 3. The van der Waals surface area contributed by atoms with Gasteiger partial charge in [0.15, 0.2) is 0 Å². The molecule has 2 N–H and O–H groups in total. The van der Waals surface area contributed by atoms with Crippen LogP contribution in [0.2, 0.25) is 10.0 Å². The number of halogens is 2. The summed E-state index contributed by atoms with van der Waals surface area (Å²) in [6.45, 7) is 0.932. The van der Waals surface area contributed by atoms with E-state index in [9.17, 15) is 9.90 Å². The maximum absolute atomic E-state index is 12.1. The van der Waals surface area contributed by atoms with Gasteiger partial charge in [-0.1, -0.05) is 29.3 Å². The van der Waals surface area contributed by atoms with E-state index in [2.05, 4.69) is 5.32 Å². The Hall–Kier alpha value is -0.810. The van der Waals surface area contributed by atoms with Gasteiger partial charge in [0.1, 0.15) is 0 Å². The average Bonchev–Trinajstić information content (AvgIpc) is 2.79. The molecule has 1 amide bonds. The van der Waals surface area contributed by atoms with Gasteiger partial charge in [0.05, 0.1) is 22.2 Å². The molecule has 6 heteroatoms. The lowest BCUT2D eigenvalue weighted by atomic mass is 10.1. The van der Waals surface area contributed by atoms with Gasteiger partial charge < -0.3 is 15.3 Å². The van der Waals surface area contributed by atoms with Crippen LogP contribution in [0.3, 0.4) is 0 Å². The third-order valence-electron chi connectivity index (χ3n) is 3.19. The molecule has 1 saturated heterocycles. The second-order valence-corrected chi connectivity index (χ2v) is 5.61. The molecule has 104 valence electrons. The summed E-state index contributed by atoms with van der Waals surface area (Å²) in [7, 11) is 1.73. The number of carbonyl (C=O) groups is 1. The number of hydrogen-bond acceptors (Lipinski definition) is 3. The lowest BCUT2D eigenvalue weighted by Gasteiger charge is -2.21. The molecular formula is C13H16Cl2N2O2. The smallest absolute Gasteiger partial charge is 0.239 e. The van der Waals surface area contributed by atoms with E-state index in [4.69, 9.17) is 23.2 Å². The lowest BCUT2D eigenvalue weighted by molar-refractivity contribution is -0.132. The largest absolute Gasteiger partial charge is 0.392 e. The first kappa shape index (κ1) is 14.6. The average molecular weight is 303 g/mol. The van der Waals surface area contributed by atoms with E-state index in [0.29, 0.717) is 29.6 Å². The number of nitrogens with one attached hydrogen (secondary N) is 1. The van der Waals surface area contributed by atoms with Crippen LogP contribution in [0.1, 0.15) is 12.0 Å². The Morgan fingerprint density at radius 1 is 1.47 bits per heavy atom. The Morgan fingerprint density at radius 2 is 2.21 bits per heavy atom. The van der Waals surface area contributed by atoms with Crippen molar-refractivity contribution in [2.24, 2.45) is 0 Å². The fraction of sp³-hybridized carbons (Fsp3) is 0.462. The van der Waals surface area contributed by atoms with Crippen LogP contribution in [0.4, 0.5) is 0 Å². The highest BCUT2D eigenvalue weighted by Gasteiger charge is 2.29. The van der Waals surface area contributed by atoms with E-state index >= 15 is 0 Å². The summed E-state index contributed by atoms with van der Waals surface area (Å²) in [6, 6.07) is 5.01. The van der Waals surface area contributed by atoms with Gasteiger partial charge in [-0.2, -0.15) is 0 Å². The molecule has 1 aromatic carbocycles. The van der Waals surface area contributed by atoms with Crippen molar-refractivity contribution >= 4 is 29.1 Å². The van der Waals surface area contributed by atoms with Gasteiger partial charge in [-0.25, -0.2) is 0 Å². The predicted molar refractivity (Wildman–Crippen MR) is 75.4 cm³/mol. The molecule has 0 radical (unpaired) electrons. The van der Waals surface area contributed by atoms with Crippen molar-refractivity contribution in [2.75, 3.05) is 13.6 Å². The Kier molecular flexibility index (Phi) is 4.68. The number of β-amino-alcohol motifs (C(OH)–C–C–N with tert-alkyl or cyclic N) is 1. The van der Waals surface area contributed by atoms with Crippen molar-refractivity contribution in [1.29, 1.82) is 0 Å². The maximum Gasteiger partial charge on any atom is 0.239 e. The monoisotopic (exact) mass is 302 g/mol. The summed E-state index contributed by atoms with van der Waals surface area (Å²) in [6.07, 6.45) is 0.0252. The zero-order valence-corrected chi connectivity index (χ0v) is 12.1. The summed E-state index contributed by atoms with van der Waals surface area (Å²) in [5.41, 5.74) is 0.920. The molecule has 0 spiro atoms. The van der Waals surface area contributed by atoms with E-state index in [-0.39, 0.29) is 11.9 Å². The first-order valence-electron chi connectivity index (χ1n) is 6.07. The minimum Gasteiger partial charge on any atom is -0.392 e. The van der Waals surface area contributed by atoms with Crippen molar-refractivity contribution < 1.29 is 9.90 Å². The van der Waals surface area contributed by atoms with Gasteiger partial charge in [0.2, 0.25) is 5.91 Å². The third kappa shape index (κ3) is 3.60. The number of nitrogens with zero attached hydrogens (tertiary/aromatic N) is 1. The number of hydrogen-bond donors (Lipinski definition) is 2.